The molecule has 1 aliphatic heterocycles. The van der Waals surface area contributed by atoms with Crippen molar-refractivity contribution in [3.8, 4) is 22.8 Å². The van der Waals surface area contributed by atoms with Gasteiger partial charge >= 0.3 is 0 Å². The van der Waals surface area contributed by atoms with Gasteiger partial charge in [-0.25, -0.2) is 0 Å². The van der Waals surface area contributed by atoms with E-state index in [0.717, 1.165) is 36.6 Å². The van der Waals surface area contributed by atoms with Crippen LogP contribution in [0.5, 0.6) is 11.5 Å². The molecule has 0 saturated carbocycles. The Kier molecular flexibility index (Phi) is 4.89. The molecule has 6 heteroatoms. The number of carbonyl (C=O) groups is 1. The Morgan fingerprint density at radius 2 is 1.89 bits per heavy atom. The fourth-order valence-electron chi connectivity index (χ4n) is 3.35. The summed E-state index contributed by atoms with van der Waals surface area (Å²) in [5.41, 5.74) is 7.45. The van der Waals surface area contributed by atoms with E-state index in [9.17, 15) is 4.79 Å². The quantitative estimate of drug-likeness (QED) is 0.705. The summed E-state index contributed by atoms with van der Waals surface area (Å²) in [5, 5.41) is 8.05. The molecule has 0 bridgehead atoms. The lowest BCUT2D eigenvalue weighted by Crippen LogP contribution is -2.26. The third-order valence-electron chi connectivity index (χ3n) is 4.70. The van der Waals surface area contributed by atoms with Crippen molar-refractivity contribution in [2.45, 2.75) is 25.4 Å². The van der Waals surface area contributed by atoms with E-state index in [-0.39, 0.29) is 0 Å². The van der Waals surface area contributed by atoms with Crippen LogP contribution in [0.1, 0.15) is 23.2 Å². The predicted molar refractivity (Wildman–Crippen MR) is 104 cm³/mol. The highest BCUT2D eigenvalue weighted by Gasteiger charge is 2.19. The zero-order valence-corrected chi connectivity index (χ0v) is 15.0. The minimum atomic E-state index is -0.472. The SMILES string of the molecule is NC(=O)c1cn(CC2CCCN2)nc1-c1ccc(Oc2ccccc2)cc1. The zero-order valence-electron chi connectivity index (χ0n) is 15.0. The standard InChI is InChI=1S/C21H22N4O2/c22-21(26)19-14-25(13-16-5-4-12-23-16)24-20(19)15-8-10-18(11-9-15)27-17-6-2-1-3-7-17/h1-3,6-11,14,16,23H,4-5,12-13H2,(H2,22,26). The third-order valence-corrected chi connectivity index (χ3v) is 4.70. The van der Waals surface area contributed by atoms with Crippen molar-refractivity contribution >= 4 is 5.91 Å². The summed E-state index contributed by atoms with van der Waals surface area (Å²) in [6.07, 6.45) is 4.03. The van der Waals surface area contributed by atoms with E-state index >= 15 is 0 Å². The van der Waals surface area contributed by atoms with Gasteiger partial charge in [0.1, 0.15) is 17.2 Å². The van der Waals surface area contributed by atoms with Gasteiger partial charge in [-0.2, -0.15) is 5.10 Å². The van der Waals surface area contributed by atoms with E-state index in [1.165, 1.54) is 6.42 Å². The molecule has 1 saturated heterocycles. The molecule has 1 fully saturated rings. The van der Waals surface area contributed by atoms with Crippen LogP contribution >= 0.6 is 0 Å². The molecule has 1 aliphatic rings. The molecule has 2 aromatic carbocycles. The summed E-state index contributed by atoms with van der Waals surface area (Å²) >= 11 is 0. The fraction of sp³-hybridized carbons (Fsp3) is 0.238. The lowest BCUT2D eigenvalue weighted by atomic mass is 10.1. The lowest BCUT2D eigenvalue weighted by Gasteiger charge is -2.09. The molecule has 4 rings (SSSR count). The average Bonchev–Trinajstić information content (AvgIpc) is 3.34. The van der Waals surface area contributed by atoms with Crippen LogP contribution in [0, 0.1) is 0 Å². The summed E-state index contributed by atoms with van der Waals surface area (Å²) in [7, 11) is 0. The predicted octanol–water partition coefficient (Wildman–Crippen LogP) is 3.19. The highest BCUT2D eigenvalue weighted by Crippen LogP contribution is 2.27. The molecule has 2 heterocycles. The first-order valence-corrected chi connectivity index (χ1v) is 9.13. The van der Waals surface area contributed by atoms with Crippen molar-refractivity contribution in [1.82, 2.24) is 15.1 Å². The van der Waals surface area contributed by atoms with Gasteiger partial charge in [0, 0.05) is 17.8 Å². The van der Waals surface area contributed by atoms with Crippen LogP contribution in [0.4, 0.5) is 0 Å². The number of aromatic nitrogens is 2. The largest absolute Gasteiger partial charge is 0.457 e. The first-order valence-electron chi connectivity index (χ1n) is 9.13. The van der Waals surface area contributed by atoms with Gasteiger partial charge in [-0.15, -0.1) is 0 Å². The third kappa shape index (κ3) is 4.01. The van der Waals surface area contributed by atoms with Crippen molar-refractivity contribution in [3.63, 3.8) is 0 Å². The van der Waals surface area contributed by atoms with E-state index in [2.05, 4.69) is 10.4 Å². The van der Waals surface area contributed by atoms with Gasteiger partial charge in [0.25, 0.3) is 5.91 Å². The van der Waals surface area contributed by atoms with Crippen LogP contribution in [0.25, 0.3) is 11.3 Å². The molecule has 0 radical (unpaired) electrons. The number of para-hydroxylation sites is 1. The number of primary amides is 1. The molecule has 3 N–H and O–H groups in total. The number of nitrogens with two attached hydrogens (primary N) is 1. The Hall–Kier alpha value is -3.12. The first kappa shape index (κ1) is 17.3. The molecule has 1 unspecified atom stereocenters. The van der Waals surface area contributed by atoms with Crippen molar-refractivity contribution in [3.05, 3.63) is 66.4 Å². The Morgan fingerprint density at radius 1 is 1.15 bits per heavy atom. The molecular formula is C21H22N4O2. The first-order chi connectivity index (χ1) is 13.2. The van der Waals surface area contributed by atoms with Crippen LogP contribution in [-0.4, -0.2) is 28.3 Å². The molecule has 27 heavy (non-hydrogen) atoms. The summed E-state index contributed by atoms with van der Waals surface area (Å²) in [4.78, 5) is 11.9. The monoisotopic (exact) mass is 362 g/mol. The maximum atomic E-state index is 11.9. The molecule has 1 atom stereocenters. The number of benzene rings is 2. The summed E-state index contributed by atoms with van der Waals surface area (Å²) in [6.45, 7) is 1.76. The molecule has 1 amide bonds. The lowest BCUT2D eigenvalue weighted by molar-refractivity contribution is 0.100. The summed E-state index contributed by atoms with van der Waals surface area (Å²) in [5.74, 6) is 1.02. The second kappa shape index (κ2) is 7.63. The molecule has 0 spiro atoms. The normalized spacial score (nSPS) is 16.4. The number of nitrogens with zero attached hydrogens (tertiary/aromatic N) is 2. The van der Waals surface area contributed by atoms with E-state index in [0.29, 0.717) is 17.3 Å². The highest BCUT2D eigenvalue weighted by molar-refractivity contribution is 5.98. The second-order valence-electron chi connectivity index (χ2n) is 6.71. The van der Waals surface area contributed by atoms with E-state index in [1.54, 1.807) is 6.20 Å². The molecular weight excluding hydrogens is 340 g/mol. The van der Waals surface area contributed by atoms with Gasteiger partial charge in [-0.1, -0.05) is 18.2 Å². The smallest absolute Gasteiger partial charge is 0.252 e. The zero-order chi connectivity index (χ0) is 18.6. The Labute approximate surface area is 158 Å². The fourth-order valence-corrected chi connectivity index (χ4v) is 3.35. The number of nitrogens with one attached hydrogen (secondary N) is 1. The number of ether oxygens (including phenoxy) is 1. The average molecular weight is 362 g/mol. The van der Waals surface area contributed by atoms with Crippen LogP contribution in [0.15, 0.2) is 60.8 Å². The van der Waals surface area contributed by atoms with Crippen LogP contribution in [0.3, 0.4) is 0 Å². The van der Waals surface area contributed by atoms with Gasteiger partial charge in [-0.3, -0.25) is 9.48 Å². The van der Waals surface area contributed by atoms with Crippen molar-refractivity contribution in [2.24, 2.45) is 5.73 Å². The maximum Gasteiger partial charge on any atom is 0.252 e. The number of amides is 1. The second-order valence-corrected chi connectivity index (χ2v) is 6.71. The van der Waals surface area contributed by atoms with Crippen LogP contribution < -0.4 is 15.8 Å². The van der Waals surface area contributed by atoms with E-state index < -0.39 is 5.91 Å². The Bertz CT molecular complexity index is 913. The molecule has 138 valence electrons. The van der Waals surface area contributed by atoms with Crippen LogP contribution in [0.2, 0.25) is 0 Å². The van der Waals surface area contributed by atoms with Gasteiger partial charge in [0.2, 0.25) is 0 Å². The summed E-state index contributed by atoms with van der Waals surface area (Å²) in [6, 6.07) is 17.5. The number of carbonyl (C=O) groups excluding carboxylic acids is 1. The van der Waals surface area contributed by atoms with Crippen molar-refractivity contribution in [2.75, 3.05) is 6.54 Å². The Morgan fingerprint density at radius 3 is 2.56 bits per heavy atom. The molecule has 0 aliphatic carbocycles. The van der Waals surface area contributed by atoms with Crippen molar-refractivity contribution in [1.29, 1.82) is 0 Å². The summed E-state index contributed by atoms with van der Waals surface area (Å²) < 4.78 is 7.63. The topological polar surface area (TPSA) is 82.2 Å². The number of hydrogen-bond acceptors (Lipinski definition) is 4. The van der Waals surface area contributed by atoms with Crippen molar-refractivity contribution < 1.29 is 9.53 Å². The van der Waals surface area contributed by atoms with E-state index in [4.69, 9.17) is 10.5 Å². The molecule has 3 aromatic rings. The van der Waals surface area contributed by atoms with Crippen LogP contribution in [-0.2, 0) is 6.54 Å². The maximum absolute atomic E-state index is 11.9. The van der Waals surface area contributed by atoms with Gasteiger partial charge in [0.15, 0.2) is 0 Å². The highest BCUT2D eigenvalue weighted by atomic mass is 16.5. The van der Waals surface area contributed by atoms with Gasteiger partial charge in [0.05, 0.1) is 12.1 Å². The minimum Gasteiger partial charge on any atom is -0.457 e. The number of hydrogen-bond donors (Lipinski definition) is 2. The number of rotatable bonds is 6. The molecule has 6 nitrogen and oxygen atoms in total. The Balaban J connectivity index is 1.56. The van der Waals surface area contributed by atoms with Gasteiger partial charge < -0.3 is 15.8 Å². The van der Waals surface area contributed by atoms with E-state index in [1.807, 2.05) is 59.3 Å². The molecule has 1 aromatic heterocycles. The van der Waals surface area contributed by atoms with Gasteiger partial charge in [-0.05, 0) is 55.8 Å². The minimum absolute atomic E-state index is 0.389.